The molecule has 1 N–H and O–H groups in total. The molecule has 5 nitrogen and oxygen atoms in total. The van der Waals surface area contributed by atoms with Crippen LogP contribution in [0.3, 0.4) is 0 Å². The third kappa shape index (κ3) is 4.87. The summed E-state index contributed by atoms with van der Waals surface area (Å²) in [6.45, 7) is 5.60. The molecular formula is C19H24FN3O2S. The average molecular weight is 377 g/mol. The number of hydrogen-bond donors (Lipinski definition) is 1. The number of halogens is 1. The topological polar surface area (TPSA) is 56.7 Å². The summed E-state index contributed by atoms with van der Waals surface area (Å²) in [4.78, 5) is 20.1. The zero-order valence-electron chi connectivity index (χ0n) is 14.9. The van der Waals surface area contributed by atoms with E-state index in [0.717, 1.165) is 55.3 Å². The number of aromatic nitrogens is 1. The quantitative estimate of drug-likeness (QED) is 0.802. The van der Waals surface area contributed by atoms with Crippen molar-refractivity contribution < 1.29 is 14.3 Å². The lowest BCUT2D eigenvalue weighted by Crippen LogP contribution is -2.46. The minimum atomic E-state index is -0.759. The normalized spacial score (nSPS) is 16.3. The van der Waals surface area contributed by atoms with Crippen LogP contribution in [-0.2, 0) is 11.3 Å². The number of benzene rings is 1. The summed E-state index contributed by atoms with van der Waals surface area (Å²) in [6, 6.07) is 6.77. The molecule has 0 bridgehead atoms. The molecule has 1 aliphatic heterocycles. The number of rotatable bonds is 7. The molecule has 1 aromatic heterocycles. The molecule has 1 fully saturated rings. The molecule has 2 aromatic rings. The second kappa shape index (κ2) is 8.70. The Hall–Kier alpha value is -1.83. The number of carboxylic acids is 1. The van der Waals surface area contributed by atoms with Gasteiger partial charge in [-0.1, -0.05) is 6.92 Å². The summed E-state index contributed by atoms with van der Waals surface area (Å²) < 4.78 is 13.0. The fourth-order valence-corrected chi connectivity index (χ4v) is 4.27. The third-order valence-electron chi connectivity index (χ3n) is 4.85. The van der Waals surface area contributed by atoms with Gasteiger partial charge in [0.1, 0.15) is 10.8 Å². The number of nitrogens with zero attached hydrogens (tertiary/aromatic N) is 3. The van der Waals surface area contributed by atoms with Crippen molar-refractivity contribution in [3.05, 3.63) is 41.2 Å². The van der Waals surface area contributed by atoms with Crippen molar-refractivity contribution in [3.8, 4) is 10.6 Å². The SMILES string of the molecule is CCN(CC(=O)O)C1CCN(Cc2csc(-c3ccc(F)cc3)n2)CC1. The molecule has 1 aromatic carbocycles. The molecule has 0 atom stereocenters. The molecule has 0 amide bonds. The maximum absolute atomic E-state index is 13.0. The fraction of sp³-hybridized carbons (Fsp3) is 0.474. The second-order valence-electron chi connectivity index (χ2n) is 6.62. The maximum Gasteiger partial charge on any atom is 0.317 e. The molecule has 26 heavy (non-hydrogen) atoms. The Balaban J connectivity index is 1.53. The summed E-state index contributed by atoms with van der Waals surface area (Å²) in [7, 11) is 0. The molecule has 7 heteroatoms. The molecule has 1 saturated heterocycles. The lowest BCUT2D eigenvalue weighted by Gasteiger charge is -2.37. The van der Waals surface area contributed by atoms with Crippen LogP contribution in [0.1, 0.15) is 25.5 Å². The Bertz CT molecular complexity index is 727. The Kier molecular flexibility index (Phi) is 6.34. The van der Waals surface area contributed by atoms with E-state index in [2.05, 4.69) is 20.2 Å². The van der Waals surface area contributed by atoms with E-state index in [0.29, 0.717) is 6.04 Å². The molecule has 140 valence electrons. The summed E-state index contributed by atoms with van der Waals surface area (Å²) in [6.07, 6.45) is 1.96. The highest BCUT2D eigenvalue weighted by Crippen LogP contribution is 2.25. The maximum atomic E-state index is 13.0. The van der Waals surface area contributed by atoms with Crippen LogP contribution in [0, 0.1) is 5.82 Å². The van der Waals surface area contributed by atoms with Crippen molar-refractivity contribution in [3.63, 3.8) is 0 Å². The van der Waals surface area contributed by atoms with Crippen molar-refractivity contribution in [2.45, 2.75) is 32.4 Å². The summed E-state index contributed by atoms with van der Waals surface area (Å²) in [5, 5.41) is 12.0. The first-order valence-corrected chi connectivity index (χ1v) is 9.81. The van der Waals surface area contributed by atoms with Gasteiger partial charge in [0, 0.05) is 36.6 Å². The van der Waals surface area contributed by atoms with Gasteiger partial charge in [0.05, 0.1) is 12.2 Å². The Morgan fingerprint density at radius 3 is 2.65 bits per heavy atom. The van der Waals surface area contributed by atoms with Gasteiger partial charge in [0.15, 0.2) is 0 Å². The van der Waals surface area contributed by atoms with Crippen LogP contribution >= 0.6 is 11.3 Å². The number of hydrogen-bond acceptors (Lipinski definition) is 5. The molecule has 3 rings (SSSR count). The summed E-state index contributed by atoms with van der Waals surface area (Å²) in [5.41, 5.74) is 1.97. The molecule has 1 aliphatic rings. The Morgan fingerprint density at radius 2 is 2.04 bits per heavy atom. The van der Waals surface area contributed by atoms with E-state index in [1.165, 1.54) is 12.1 Å². The average Bonchev–Trinajstić information content (AvgIpc) is 3.09. The van der Waals surface area contributed by atoms with E-state index in [-0.39, 0.29) is 12.4 Å². The molecule has 0 spiro atoms. The number of thiazole rings is 1. The first kappa shape index (κ1) is 18.9. The van der Waals surface area contributed by atoms with Gasteiger partial charge < -0.3 is 5.11 Å². The van der Waals surface area contributed by atoms with Crippen LogP contribution < -0.4 is 0 Å². The van der Waals surface area contributed by atoms with Crippen molar-refractivity contribution in [1.29, 1.82) is 0 Å². The summed E-state index contributed by atoms with van der Waals surface area (Å²) in [5.74, 6) is -0.998. The zero-order chi connectivity index (χ0) is 18.5. The number of piperidine rings is 1. The van der Waals surface area contributed by atoms with Gasteiger partial charge in [0.2, 0.25) is 0 Å². The number of aliphatic carboxylic acids is 1. The second-order valence-corrected chi connectivity index (χ2v) is 7.47. The zero-order valence-corrected chi connectivity index (χ0v) is 15.7. The molecule has 0 aliphatic carbocycles. The highest BCUT2D eigenvalue weighted by Gasteiger charge is 2.25. The van der Waals surface area contributed by atoms with Crippen LogP contribution in [0.2, 0.25) is 0 Å². The van der Waals surface area contributed by atoms with E-state index in [9.17, 15) is 9.18 Å². The van der Waals surface area contributed by atoms with Crippen molar-refractivity contribution in [1.82, 2.24) is 14.8 Å². The van der Waals surface area contributed by atoms with Crippen molar-refractivity contribution in [2.75, 3.05) is 26.2 Å². The van der Waals surface area contributed by atoms with Gasteiger partial charge in [-0.2, -0.15) is 0 Å². The lowest BCUT2D eigenvalue weighted by molar-refractivity contribution is -0.139. The van der Waals surface area contributed by atoms with Crippen molar-refractivity contribution >= 4 is 17.3 Å². The largest absolute Gasteiger partial charge is 0.480 e. The highest BCUT2D eigenvalue weighted by atomic mass is 32.1. The molecular weight excluding hydrogens is 353 g/mol. The predicted molar refractivity (Wildman–Crippen MR) is 101 cm³/mol. The predicted octanol–water partition coefficient (Wildman–Crippen LogP) is 3.32. The van der Waals surface area contributed by atoms with Crippen LogP contribution in [0.5, 0.6) is 0 Å². The van der Waals surface area contributed by atoms with E-state index < -0.39 is 5.97 Å². The van der Waals surface area contributed by atoms with E-state index in [1.54, 1.807) is 23.5 Å². The van der Waals surface area contributed by atoms with Gasteiger partial charge in [0.25, 0.3) is 0 Å². The lowest BCUT2D eigenvalue weighted by atomic mass is 10.0. The standard InChI is InChI=1S/C19H24FN3O2S/c1-2-23(12-18(24)25)17-7-9-22(10-8-17)11-16-13-26-19(21-16)14-3-5-15(20)6-4-14/h3-6,13,17H,2,7-12H2,1H3,(H,24,25). The summed E-state index contributed by atoms with van der Waals surface area (Å²) >= 11 is 1.58. The van der Waals surface area contributed by atoms with Gasteiger partial charge in [-0.3, -0.25) is 14.6 Å². The van der Waals surface area contributed by atoms with Crippen LogP contribution in [0.4, 0.5) is 4.39 Å². The Morgan fingerprint density at radius 1 is 1.35 bits per heavy atom. The number of likely N-dealkylation sites (N-methyl/N-ethyl adjacent to an activating group) is 1. The van der Waals surface area contributed by atoms with E-state index in [1.807, 2.05) is 6.92 Å². The monoisotopic (exact) mass is 377 g/mol. The molecule has 0 unspecified atom stereocenters. The fourth-order valence-electron chi connectivity index (χ4n) is 3.45. The van der Waals surface area contributed by atoms with Gasteiger partial charge in [-0.15, -0.1) is 11.3 Å². The molecule has 2 heterocycles. The first-order chi connectivity index (χ1) is 12.5. The molecule has 0 radical (unpaired) electrons. The van der Waals surface area contributed by atoms with Crippen LogP contribution in [-0.4, -0.2) is 58.1 Å². The highest BCUT2D eigenvalue weighted by molar-refractivity contribution is 7.13. The van der Waals surface area contributed by atoms with Gasteiger partial charge in [-0.05, 0) is 43.7 Å². The number of carbonyl (C=O) groups is 1. The number of likely N-dealkylation sites (tertiary alicyclic amines) is 1. The van der Waals surface area contributed by atoms with Crippen LogP contribution in [0.25, 0.3) is 10.6 Å². The first-order valence-electron chi connectivity index (χ1n) is 8.93. The van der Waals surface area contributed by atoms with E-state index in [4.69, 9.17) is 5.11 Å². The smallest absolute Gasteiger partial charge is 0.317 e. The minimum absolute atomic E-state index is 0.119. The Labute approximate surface area is 157 Å². The number of carboxylic acid groups (broad SMARTS) is 1. The minimum Gasteiger partial charge on any atom is -0.480 e. The van der Waals surface area contributed by atoms with E-state index >= 15 is 0 Å². The van der Waals surface area contributed by atoms with Gasteiger partial charge >= 0.3 is 5.97 Å². The third-order valence-corrected chi connectivity index (χ3v) is 5.79. The van der Waals surface area contributed by atoms with Crippen LogP contribution in [0.15, 0.2) is 29.6 Å². The molecule has 0 saturated carbocycles. The van der Waals surface area contributed by atoms with Gasteiger partial charge in [-0.25, -0.2) is 9.37 Å². The van der Waals surface area contributed by atoms with Crippen molar-refractivity contribution in [2.24, 2.45) is 0 Å².